The number of aromatic nitrogens is 1. The van der Waals surface area contributed by atoms with Crippen molar-refractivity contribution in [2.75, 3.05) is 0 Å². The van der Waals surface area contributed by atoms with Crippen LogP contribution in [0.5, 0.6) is 0 Å². The maximum Gasteiger partial charge on any atom is -0.0809 e. The molecule has 0 bridgehead atoms. The summed E-state index contributed by atoms with van der Waals surface area (Å²) < 4.78 is 0. The second-order valence-electron chi connectivity index (χ2n) is 2.97. The third-order valence-corrected chi connectivity index (χ3v) is 1.99. The van der Waals surface area contributed by atoms with Gasteiger partial charge in [-0.25, -0.2) is 0 Å². The van der Waals surface area contributed by atoms with Gasteiger partial charge in [0.15, 0.2) is 0 Å². The Morgan fingerprint density at radius 1 is 0.909 bits per heavy atom. The van der Waals surface area contributed by atoms with Gasteiger partial charge in [0.25, 0.3) is 0 Å². The van der Waals surface area contributed by atoms with Crippen molar-refractivity contribution in [2.45, 2.75) is 0 Å². The first-order valence-corrected chi connectivity index (χ1v) is 7.66. The van der Waals surface area contributed by atoms with Crippen molar-refractivity contribution in [3.05, 3.63) is 96.7 Å². The molecular weight excluding hydrogens is 365 g/mol. The van der Waals surface area contributed by atoms with Crippen LogP contribution in [0.4, 0.5) is 0 Å². The number of fused-ring (bicyclic) bond motifs is 1. The normalized spacial score (nSPS) is 6.14. The molecule has 3 rings (SSSR count). The van der Waals surface area contributed by atoms with Gasteiger partial charge in [-0.2, -0.15) is 35.8 Å². The molecule has 0 spiro atoms. The fraction of sp³-hybridized carbons (Fsp3) is 0. The number of benzene rings is 1. The number of rotatable bonds is 0. The molecule has 2 aromatic carbocycles. The minimum Gasteiger partial charge on any atom is -0.484 e. The second kappa shape index (κ2) is 25.6. The number of aromatic amines is 1. The molecule has 0 aliphatic carbocycles. The van der Waals surface area contributed by atoms with Crippen LogP contribution in [-0.2, 0) is 19.2 Å². The minimum absolute atomic E-state index is 0. The van der Waals surface area contributed by atoms with E-state index in [-0.39, 0.29) is 54.5 Å². The predicted octanol–water partition coefficient (Wildman–Crippen LogP) is 5.64. The van der Waals surface area contributed by atoms with Gasteiger partial charge in [-0.1, -0.05) is 6.07 Å². The topological polar surface area (TPSA) is 15.8 Å². The molecule has 126 valence electrons. The van der Waals surface area contributed by atoms with E-state index in [1.165, 1.54) is 10.8 Å². The molecule has 1 heterocycles. The van der Waals surface area contributed by atoms with E-state index in [9.17, 15) is 0 Å². The number of H-pyrrole nitrogens is 1. The van der Waals surface area contributed by atoms with Gasteiger partial charge in [0, 0.05) is 0 Å². The summed E-state index contributed by atoms with van der Waals surface area (Å²) in [5.41, 5.74) is 0. The fourth-order valence-corrected chi connectivity index (χ4v) is 1.31. The first-order valence-electron chi connectivity index (χ1n) is 4.82. The van der Waals surface area contributed by atoms with Crippen molar-refractivity contribution < 1.29 is 19.2 Å². The van der Waals surface area contributed by atoms with Crippen molar-refractivity contribution >= 4 is 43.2 Å². The summed E-state index contributed by atoms with van der Waals surface area (Å²) in [5.74, 6) is 0. The quantitative estimate of drug-likeness (QED) is 0.378. The minimum atomic E-state index is 0. The van der Waals surface area contributed by atoms with Crippen LogP contribution in [-0.4, -0.2) is 12.6 Å². The smallest absolute Gasteiger partial charge is 0.0809 e. The first kappa shape index (κ1) is 37.7. The van der Waals surface area contributed by atoms with Crippen LogP contribution in [0.3, 0.4) is 0 Å². The zero-order chi connectivity index (χ0) is 11.6. The van der Waals surface area contributed by atoms with E-state index >= 15 is 0 Å². The zero-order valence-corrected chi connectivity index (χ0v) is 17.8. The first-order chi connectivity index (χ1) is 7.97. The average molecular weight is 390 g/mol. The predicted molar refractivity (Wildman–Crippen MR) is 105 cm³/mol. The van der Waals surface area contributed by atoms with Gasteiger partial charge in [0.05, 0.1) is 0 Å². The summed E-state index contributed by atoms with van der Waals surface area (Å²) in [6.07, 6.45) is 4.56. The van der Waals surface area contributed by atoms with Crippen molar-refractivity contribution in [3.63, 3.8) is 0 Å². The van der Waals surface area contributed by atoms with Crippen LogP contribution in [0.1, 0.15) is 0 Å². The molecule has 3 aromatic rings. The molecule has 1 aromatic heterocycles. The van der Waals surface area contributed by atoms with Gasteiger partial charge in [-0.3, -0.25) is 0 Å². The average Bonchev–Trinajstić information content (AvgIpc) is 3.06. The fourth-order valence-electron chi connectivity index (χ4n) is 1.31. The van der Waals surface area contributed by atoms with Gasteiger partial charge < -0.3 is 34.7 Å². The van der Waals surface area contributed by atoms with E-state index in [2.05, 4.69) is 61.3 Å². The van der Waals surface area contributed by atoms with Crippen molar-refractivity contribution in [3.8, 4) is 0 Å². The van der Waals surface area contributed by atoms with Gasteiger partial charge in [0.1, 0.15) is 0 Å². The number of nitrogens with one attached hydrogen (secondary N) is 1. The monoisotopic (exact) mass is 389 g/mol. The molecule has 2 radical (unpaired) electrons. The van der Waals surface area contributed by atoms with E-state index in [0.717, 1.165) is 0 Å². The molecule has 1 nitrogen and oxygen atoms in total. The third-order valence-electron chi connectivity index (χ3n) is 1.99. The molecule has 0 unspecified atom stereocenters. The Labute approximate surface area is 163 Å². The maximum absolute atomic E-state index is 2.97. The summed E-state index contributed by atoms with van der Waals surface area (Å²) in [5, 5.41) is 2.66. The molecule has 5 heteroatoms. The van der Waals surface area contributed by atoms with E-state index in [4.69, 9.17) is 0 Å². The molecule has 1 N–H and O–H groups in total. The molecular formula is C17H25Cl2NSiTi-6. The summed E-state index contributed by atoms with van der Waals surface area (Å²) in [7, 11) is 2.97. The van der Waals surface area contributed by atoms with Crippen LogP contribution in [0, 0.1) is 35.9 Å². The van der Waals surface area contributed by atoms with Crippen molar-refractivity contribution in [1.82, 2.24) is 4.98 Å². The number of hydrogen-bond donors (Lipinski definition) is 1. The number of halogens is 2. The summed E-state index contributed by atoms with van der Waals surface area (Å²) in [6.45, 7) is 0. The Kier molecular flexibility index (Phi) is 43.8. The van der Waals surface area contributed by atoms with E-state index in [0.29, 0.717) is 0 Å². The van der Waals surface area contributed by atoms with E-state index in [1.54, 1.807) is 19.2 Å². The molecule has 22 heavy (non-hydrogen) atoms. The molecule has 0 amide bonds. The Hall–Kier alpha value is -0.379. The van der Waals surface area contributed by atoms with Gasteiger partial charge in [-0.15, -0.1) is 60.7 Å². The Morgan fingerprint density at radius 2 is 1.50 bits per heavy atom. The number of hydrogen-bond acceptors (Lipinski definition) is 0. The van der Waals surface area contributed by atoms with Crippen LogP contribution >= 0.6 is 24.8 Å². The van der Waals surface area contributed by atoms with Gasteiger partial charge >= 0.3 is 26.8 Å². The molecule has 0 aliphatic rings. The summed E-state index contributed by atoms with van der Waals surface area (Å²) >= 11 is 1.81. The Balaban J connectivity index is -0.0000000445. The van der Waals surface area contributed by atoms with Crippen molar-refractivity contribution in [2.24, 2.45) is 0 Å². The largest absolute Gasteiger partial charge is 0.484 e. The van der Waals surface area contributed by atoms with Crippen LogP contribution in [0.2, 0.25) is 0 Å². The van der Waals surface area contributed by atoms with Crippen LogP contribution < -0.4 is 0 Å². The molecule has 0 atom stereocenters. The van der Waals surface area contributed by atoms with E-state index < -0.39 is 0 Å². The Bertz CT molecular complexity index is 451. The van der Waals surface area contributed by atoms with Crippen LogP contribution in [0.25, 0.3) is 10.8 Å². The Morgan fingerprint density at radius 3 is 1.91 bits per heavy atom. The molecule has 0 aliphatic heterocycles. The van der Waals surface area contributed by atoms with Crippen LogP contribution in [0.15, 0.2) is 60.8 Å². The SMILES string of the molecule is Cl.Cl.[CH3-].[CH3-].[CH3-].[CH3-].[Si]=[Ti].[c-]1ccc[nH]1.c1ccc2[cH-]ccc2c1. The van der Waals surface area contributed by atoms with E-state index in [1.807, 2.05) is 18.3 Å². The van der Waals surface area contributed by atoms with Gasteiger partial charge in [-0.05, 0) is 0 Å². The molecule has 0 saturated heterocycles. The maximum atomic E-state index is 2.97. The summed E-state index contributed by atoms with van der Waals surface area (Å²) in [6, 6.07) is 18.4. The summed E-state index contributed by atoms with van der Waals surface area (Å²) in [4.78, 5) is 2.74. The van der Waals surface area contributed by atoms with Gasteiger partial charge in [0.2, 0.25) is 0 Å². The second-order valence-corrected chi connectivity index (χ2v) is 2.97. The molecule has 0 saturated carbocycles. The standard InChI is InChI=1S/C9H7.C4H4N.4CH3.2ClH.Si.Ti/c1-2-5-9-7-3-6-8(9)4-1;1-2-4-5-3-1;;;;;;;;/h1-7H;1-3,5H;4*1H3;2*1H;;/q6*-1;;;;. The zero-order valence-electron chi connectivity index (χ0n) is 13.6. The molecule has 0 fully saturated rings. The van der Waals surface area contributed by atoms with Crippen molar-refractivity contribution in [1.29, 1.82) is 0 Å². The third kappa shape index (κ3) is 14.6.